The second-order valence-corrected chi connectivity index (χ2v) is 13.7. The van der Waals surface area contributed by atoms with Crippen LogP contribution in [0.1, 0.15) is 110 Å². The number of aromatic nitrogens is 2. The zero-order valence-corrected chi connectivity index (χ0v) is 26.8. The summed E-state index contributed by atoms with van der Waals surface area (Å²) in [6.07, 6.45) is 15.1. The summed E-state index contributed by atoms with van der Waals surface area (Å²) in [5.41, 5.74) is 11.4. The molecule has 8 nitrogen and oxygen atoms in total. The molecule has 8 heteroatoms. The van der Waals surface area contributed by atoms with E-state index in [9.17, 15) is 19.8 Å². The molecular weight excluding hydrogens is 588 g/mol. The van der Waals surface area contributed by atoms with Gasteiger partial charge in [0.05, 0.1) is 34.9 Å². The Balaban J connectivity index is 1.12. The zero-order valence-electron chi connectivity index (χ0n) is 26.8. The van der Waals surface area contributed by atoms with Crippen LogP contribution in [-0.4, -0.2) is 45.2 Å². The predicted octanol–water partition coefficient (Wildman–Crippen LogP) is 7.59. The highest BCUT2D eigenvalue weighted by atomic mass is 16.4. The molecule has 0 spiro atoms. The third-order valence-electron chi connectivity index (χ3n) is 10.5. The molecule has 2 aromatic carbocycles. The Morgan fingerprint density at radius 2 is 1.51 bits per heavy atom. The number of fused-ring (bicyclic) bond motifs is 2. The minimum Gasteiger partial charge on any atom is -0.478 e. The zero-order chi connectivity index (χ0) is 32.5. The van der Waals surface area contributed by atoms with Crippen LogP contribution in [0.5, 0.6) is 0 Å². The molecule has 0 bridgehead atoms. The van der Waals surface area contributed by atoms with Crippen LogP contribution in [0.2, 0.25) is 0 Å². The van der Waals surface area contributed by atoms with Crippen molar-refractivity contribution < 1.29 is 19.8 Å². The minimum atomic E-state index is -0.953. The van der Waals surface area contributed by atoms with Crippen LogP contribution in [0.15, 0.2) is 67.3 Å². The molecule has 1 fully saturated rings. The summed E-state index contributed by atoms with van der Waals surface area (Å²) in [4.78, 5) is 32.0. The first-order chi connectivity index (χ1) is 22.8. The van der Waals surface area contributed by atoms with Gasteiger partial charge in [-0.15, -0.1) is 0 Å². The van der Waals surface area contributed by atoms with E-state index in [-0.39, 0.29) is 17.0 Å². The van der Waals surface area contributed by atoms with Crippen LogP contribution in [0.3, 0.4) is 0 Å². The molecule has 0 amide bonds. The number of carboxylic acid groups (broad SMARTS) is 2. The molecule has 3 aliphatic rings. The Labute approximate surface area is 275 Å². The van der Waals surface area contributed by atoms with E-state index in [1.165, 1.54) is 64.2 Å². The number of carboxylic acids is 2. The smallest absolute Gasteiger partial charge is 0.337 e. The van der Waals surface area contributed by atoms with Crippen molar-refractivity contribution in [1.29, 1.82) is 0 Å². The average molecular weight is 631 g/mol. The molecule has 3 atom stereocenters. The maximum atomic E-state index is 11.9. The molecular formula is C39H42N4O4. The van der Waals surface area contributed by atoms with Gasteiger partial charge < -0.3 is 20.8 Å². The van der Waals surface area contributed by atoms with Crippen LogP contribution < -0.4 is 10.6 Å². The number of nitrogens with zero attached hydrogens (tertiary/aromatic N) is 2. The van der Waals surface area contributed by atoms with E-state index in [0.717, 1.165) is 38.5 Å². The van der Waals surface area contributed by atoms with Crippen LogP contribution in [0.4, 0.5) is 11.4 Å². The molecule has 2 aromatic heterocycles. The Morgan fingerprint density at radius 3 is 2.17 bits per heavy atom. The van der Waals surface area contributed by atoms with E-state index >= 15 is 0 Å². The summed E-state index contributed by atoms with van der Waals surface area (Å²) in [5.74, 6) is -0.202. The fourth-order valence-corrected chi connectivity index (χ4v) is 8.00. The number of carbonyl (C=O) groups is 2. The molecule has 0 aliphatic heterocycles. The summed E-state index contributed by atoms with van der Waals surface area (Å²) < 4.78 is 0. The number of rotatable bonds is 11. The third-order valence-corrected chi connectivity index (χ3v) is 10.5. The van der Waals surface area contributed by atoms with Crippen molar-refractivity contribution >= 4 is 23.3 Å². The van der Waals surface area contributed by atoms with Crippen molar-refractivity contribution in [2.45, 2.75) is 76.0 Å². The van der Waals surface area contributed by atoms with Gasteiger partial charge in [-0.1, -0.05) is 30.3 Å². The second kappa shape index (κ2) is 13.2. The molecule has 7 rings (SSSR count). The molecule has 242 valence electrons. The number of hydrogen-bond donors (Lipinski definition) is 4. The highest BCUT2D eigenvalue weighted by Gasteiger charge is 2.31. The van der Waals surface area contributed by atoms with E-state index < -0.39 is 11.9 Å². The van der Waals surface area contributed by atoms with E-state index in [4.69, 9.17) is 0 Å². The van der Waals surface area contributed by atoms with Gasteiger partial charge in [-0.3, -0.25) is 9.97 Å². The number of aromatic carboxylic acids is 2. The molecule has 2 heterocycles. The Kier molecular flexibility index (Phi) is 8.67. The highest BCUT2D eigenvalue weighted by molar-refractivity contribution is 5.94. The van der Waals surface area contributed by atoms with Crippen molar-refractivity contribution in [1.82, 2.24) is 9.97 Å². The lowest BCUT2D eigenvalue weighted by molar-refractivity contribution is 0.0687. The molecule has 47 heavy (non-hydrogen) atoms. The van der Waals surface area contributed by atoms with Crippen LogP contribution in [0.25, 0.3) is 0 Å². The number of benzene rings is 2. The van der Waals surface area contributed by atoms with Crippen molar-refractivity contribution in [3.05, 3.63) is 117 Å². The fourth-order valence-electron chi connectivity index (χ4n) is 8.00. The third kappa shape index (κ3) is 6.73. The largest absolute Gasteiger partial charge is 0.478 e. The van der Waals surface area contributed by atoms with Crippen LogP contribution >= 0.6 is 0 Å². The Morgan fingerprint density at radius 1 is 0.830 bits per heavy atom. The second-order valence-electron chi connectivity index (χ2n) is 13.7. The number of nitrogens with one attached hydrogen (secondary N) is 2. The molecule has 3 unspecified atom stereocenters. The highest BCUT2D eigenvalue weighted by Crippen LogP contribution is 2.44. The van der Waals surface area contributed by atoms with E-state index in [0.29, 0.717) is 42.2 Å². The van der Waals surface area contributed by atoms with Gasteiger partial charge in [0.2, 0.25) is 0 Å². The first-order valence-corrected chi connectivity index (χ1v) is 16.9. The number of aryl methyl sites for hydroxylation is 1. The van der Waals surface area contributed by atoms with Gasteiger partial charge in [-0.2, -0.15) is 0 Å². The minimum absolute atomic E-state index is 0.245. The predicted molar refractivity (Wildman–Crippen MR) is 183 cm³/mol. The molecule has 0 saturated heterocycles. The average Bonchev–Trinajstić information content (AvgIpc) is 3.92. The van der Waals surface area contributed by atoms with E-state index in [1.54, 1.807) is 24.5 Å². The SMILES string of the molecule is Cc1cc(CC2Cc3ccc(C4CC4)cc3C(CNc3cnccc3C(=O)O)C2)cc2c1CCCC2CNc1cnccc1C(=O)O. The fraction of sp³-hybridized carbons (Fsp3) is 0.385. The summed E-state index contributed by atoms with van der Waals surface area (Å²) in [6, 6.07) is 15.0. The molecule has 1 saturated carbocycles. The van der Waals surface area contributed by atoms with Crippen molar-refractivity contribution in [3.63, 3.8) is 0 Å². The maximum absolute atomic E-state index is 11.9. The van der Waals surface area contributed by atoms with Crippen molar-refractivity contribution in [2.75, 3.05) is 23.7 Å². The lowest BCUT2D eigenvalue weighted by atomic mass is 9.73. The standard InChI is InChI=1S/C39H42N4O4/c1-23-13-24(17-35-29(3-2-4-31(23)35)19-42-36-21-40-11-9-32(36)38(44)45)14-25-15-28-8-7-27(26-5-6-26)18-34(28)30(16-25)20-43-37-22-41-12-10-33(37)39(46)47/h7-13,17-18,21-22,25-26,29-30,42-43H,2-6,14-16,19-20H2,1H3,(H,44,45)(H,46,47). The van der Waals surface area contributed by atoms with E-state index in [1.807, 2.05) is 0 Å². The Bertz CT molecular complexity index is 1820. The summed E-state index contributed by atoms with van der Waals surface area (Å²) in [5, 5.41) is 26.2. The quantitative estimate of drug-likeness (QED) is 0.134. The van der Waals surface area contributed by atoms with Gasteiger partial charge in [0.1, 0.15) is 0 Å². The van der Waals surface area contributed by atoms with Crippen LogP contribution in [0, 0.1) is 12.8 Å². The molecule has 3 aliphatic carbocycles. The summed E-state index contributed by atoms with van der Waals surface area (Å²) >= 11 is 0. The lowest BCUT2D eigenvalue weighted by Crippen LogP contribution is -2.26. The summed E-state index contributed by atoms with van der Waals surface area (Å²) in [6.45, 7) is 3.56. The maximum Gasteiger partial charge on any atom is 0.337 e. The van der Waals surface area contributed by atoms with Gasteiger partial charge in [0.15, 0.2) is 0 Å². The normalized spacial score (nSPS) is 20.1. The first-order valence-electron chi connectivity index (χ1n) is 16.9. The van der Waals surface area contributed by atoms with Gasteiger partial charge in [-0.25, -0.2) is 9.59 Å². The number of pyridine rings is 2. The van der Waals surface area contributed by atoms with Gasteiger partial charge in [0.25, 0.3) is 0 Å². The lowest BCUT2D eigenvalue weighted by Gasteiger charge is -2.33. The van der Waals surface area contributed by atoms with Gasteiger partial charge in [-0.05, 0) is 121 Å². The topological polar surface area (TPSA) is 124 Å². The van der Waals surface area contributed by atoms with Gasteiger partial charge in [0, 0.05) is 37.3 Å². The summed E-state index contributed by atoms with van der Waals surface area (Å²) in [7, 11) is 0. The number of anilines is 2. The van der Waals surface area contributed by atoms with Crippen LogP contribution in [-0.2, 0) is 19.3 Å². The van der Waals surface area contributed by atoms with E-state index in [2.05, 4.69) is 57.9 Å². The number of hydrogen-bond acceptors (Lipinski definition) is 6. The Hall–Kier alpha value is -4.72. The molecule has 4 N–H and O–H groups in total. The van der Waals surface area contributed by atoms with Gasteiger partial charge >= 0.3 is 11.9 Å². The first kappa shape index (κ1) is 30.9. The monoisotopic (exact) mass is 630 g/mol. The molecule has 4 aromatic rings. The molecule has 0 radical (unpaired) electrons. The van der Waals surface area contributed by atoms with Crippen molar-refractivity contribution in [3.8, 4) is 0 Å². The van der Waals surface area contributed by atoms with Crippen molar-refractivity contribution in [2.24, 2.45) is 5.92 Å².